The van der Waals surface area contributed by atoms with Crippen molar-refractivity contribution in [3.63, 3.8) is 0 Å². The number of hydrogen-bond donors (Lipinski definition) is 0. The summed E-state index contributed by atoms with van der Waals surface area (Å²) in [6, 6.07) is 0. The Morgan fingerprint density at radius 1 is 0.969 bits per heavy atom. The van der Waals surface area contributed by atoms with Crippen LogP contribution >= 0.6 is 0 Å². The minimum atomic E-state index is -1.45. The SMILES string of the molecule is COC(=O)CC[C@@H](C)C1CCC2C3CCC4C[C@@H](O[Si](C)(C)C)CC[C@]4(C)C3CC[C@@]21C. The van der Waals surface area contributed by atoms with Crippen LogP contribution < -0.4 is 0 Å². The van der Waals surface area contributed by atoms with Crippen molar-refractivity contribution in [1.29, 1.82) is 0 Å². The topological polar surface area (TPSA) is 35.5 Å². The first-order chi connectivity index (χ1) is 15.0. The molecule has 0 amide bonds. The quantitative estimate of drug-likeness (QED) is 0.303. The van der Waals surface area contributed by atoms with Gasteiger partial charge in [0.25, 0.3) is 0 Å². The molecule has 4 aliphatic carbocycles. The third kappa shape index (κ3) is 4.49. The average Bonchev–Trinajstić information content (AvgIpc) is 3.08. The van der Waals surface area contributed by atoms with Crippen molar-refractivity contribution >= 4 is 14.3 Å². The van der Waals surface area contributed by atoms with Gasteiger partial charge in [-0.05, 0) is 130 Å². The molecule has 0 aromatic rings. The molecule has 0 heterocycles. The average molecular weight is 463 g/mol. The smallest absolute Gasteiger partial charge is 0.305 e. The van der Waals surface area contributed by atoms with E-state index in [2.05, 4.69) is 40.4 Å². The third-order valence-corrected chi connectivity index (χ3v) is 12.0. The van der Waals surface area contributed by atoms with Gasteiger partial charge < -0.3 is 9.16 Å². The van der Waals surface area contributed by atoms with E-state index in [9.17, 15) is 4.79 Å². The molecule has 0 saturated heterocycles. The minimum Gasteiger partial charge on any atom is -0.469 e. The number of methoxy groups -OCH3 is 1. The number of carbonyl (C=O) groups excluding carboxylic acids is 1. The van der Waals surface area contributed by atoms with Gasteiger partial charge in [0.2, 0.25) is 0 Å². The molecule has 3 nitrogen and oxygen atoms in total. The fourth-order valence-electron chi connectivity index (χ4n) is 9.45. The summed E-state index contributed by atoms with van der Waals surface area (Å²) in [5, 5.41) is 0. The monoisotopic (exact) mass is 462 g/mol. The first-order valence-corrected chi connectivity index (χ1v) is 17.1. The van der Waals surface area contributed by atoms with Gasteiger partial charge in [0.05, 0.1) is 7.11 Å². The molecule has 0 N–H and O–H groups in total. The highest BCUT2D eigenvalue weighted by Gasteiger charge is 2.60. The summed E-state index contributed by atoms with van der Waals surface area (Å²) >= 11 is 0. The Morgan fingerprint density at radius 2 is 1.66 bits per heavy atom. The lowest BCUT2D eigenvalue weighted by Gasteiger charge is -2.61. The van der Waals surface area contributed by atoms with E-state index in [0.29, 0.717) is 29.3 Å². The maximum absolute atomic E-state index is 11.7. The first-order valence-electron chi connectivity index (χ1n) is 13.7. The molecular weight excluding hydrogens is 412 g/mol. The standard InChI is InChI=1S/C28H50O3Si/c1-19(8-13-26(29)30-4)23-11-12-24-22-10-9-20-18-21(31-32(5,6)7)14-16-27(20,2)25(22)15-17-28(23,24)3/h19-25H,8-18H2,1-7H3/t19-,20?,21+,22?,23?,24?,25?,27+,28-/m1/s1. The number of fused-ring (bicyclic) bond motifs is 5. The van der Waals surface area contributed by atoms with Gasteiger partial charge >= 0.3 is 5.97 Å². The van der Waals surface area contributed by atoms with Crippen LogP contribution in [0.15, 0.2) is 0 Å². The van der Waals surface area contributed by atoms with Crippen LogP contribution in [0.3, 0.4) is 0 Å². The lowest BCUT2D eigenvalue weighted by atomic mass is 9.44. The molecule has 0 radical (unpaired) electrons. The Kier molecular flexibility index (Phi) is 6.98. The van der Waals surface area contributed by atoms with E-state index in [1.54, 1.807) is 0 Å². The fraction of sp³-hybridized carbons (Fsp3) is 0.964. The molecule has 0 bridgehead atoms. The predicted octanol–water partition coefficient (Wildman–Crippen LogP) is 7.45. The zero-order chi connectivity index (χ0) is 23.3. The van der Waals surface area contributed by atoms with Crippen molar-refractivity contribution in [2.45, 2.75) is 117 Å². The Morgan fingerprint density at radius 3 is 2.34 bits per heavy atom. The molecule has 0 aromatic heterocycles. The van der Waals surface area contributed by atoms with E-state index in [1.165, 1.54) is 64.9 Å². The highest BCUT2D eigenvalue weighted by atomic mass is 28.4. The van der Waals surface area contributed by atoms with Gasteiger partial charge in [-0.15, -0.1) is 0 Å². The normalized spacial score (nSPS) is 44.8. The molecule has 32 heavy (non-hydrogen) atoms. The highest BCUT2D eigenvalue weighted by molar-refractivity contribution is 6.69. The van der Waals surface area contributed by atoms with Gasteiger partial charge in [0.1, 0.15) is 0 Å². The van der Waals surface area contributed by atoms with Gasteiger partial charge in [-0.1, -0.05) is 20.8 Å². The van der Waals surface area contributed by atoms with Crippen molar-refractivity contribution in [3.8, 4) is 0 Å². The number of ether oxygens (including phenoxy) is 1. The van der Waals surface area contributed by atoms with Crippen LogP contribution in [-0.4, -0.2) is 27.5 Å². The molecule has 0 aliphatic heterocycles. The van der Waals surface area contributed by atoms with Gasteiger partial charge in [-0.25, -0.2) is 0 Å². The maximum Gasteiger partial charge on any atom is 0.305 e. The number of carbonyl (C=O) groups is 1. The fourth-order valence-corrected chi connectivity index (χ4v) is 10.7. The third-order valence-electron chi connectivity index (χ3n) is 10.9. The van der Waals surface area contributed by atoms with E-state index in [1.807, 2.05) is 0 Å². The molecule has 4 rings (SSSR count). The number of rotatable bonds is 6. The number of esters is 1. The van der Waals surface area contributed by atoms with Gasteiger partial charge in [-0.2, -0.15) is 0 Å². The summed E-state index contributed by atoms with van der Waals surface area (Å²) in [7, 11) is 0.0649. The molecule has 4 aliphatic rings. The zero-order valence-corrected chi connectivity index (χ0v) is 23.0. The largest absolute Gasteiger partial charge is 0.469 e. The van der Waals surface area contributed by atoms with Crippen LogP contribution in [0.5, 0.6) is 0 Å². The van der Waals surface area contributed by atoms with Crippen molar-refractivity contribution in [2.75, 3.05) is 7.11 Å². The van der Waals surface area contributed by atoms with E-state index in [4.69, 9.17) is 9.16 Å². The molecule has 0 spiro atoms. The molecule has 4 fully saturated rings. The lowest BCUT2D eigenvalue weighted by molar-refractivity contribution is -0.141. The summed E-state index contributed by atoms with van der Waals surface area (Å²) in [6.45, 7) is 14.8. The minimum absolute atomic E-state index is 0.0415. The second-order valence-electron chi connectivity index (χ2n) is 13.6. The van der Waals surface area contributed by atoms with Gasteiger partial charge in [0, 0.05) is 12.5 Å². The lowest BCUT2D eigenvalue weighted by Crippen LogP contribution is -2.54. The Hall–Kier alpha value is -0.353. The van der Waals surface area contributed by atoms with Crippen LogP contribution in [0.2, 0.25) is 19.6 Å². The van der Waals surface area contributed by atoms with Gasteiger partial charge in [0.15, 0.2) is 8.32 Å². The van der Waals surface area contributed by atoms with Crippen molar-refractivity contribution in [1.82, 2.24) is 0 Å². The molecule has 9 atom stereocenters. The Balaban J connectivity index is 1.44. The molecule has 5 unspecified atom stereocenters. The molecule has 0 aromatic carbocycles. The maximum atomic E-state index is 11.7. The Bertz CT molecular complexity index is 687. The molecule has 184 valence electrons. The van der Waals surface area contributed by atoms with Crippen molar-refractivity contribution < 1.29 is 14.0 Å². The molecule has 4 saturated carbocycles. The first kappa shape index (κ1) is 24.8. The summed E-state index contributed by atoms with van der Waals surface area (Å²) < 4.78 is 11.5. The van der Waals surface area contributed by atoms with E-state index >= 15 is 0 Å². The molecule has 4 heteroatoms. The zero-order valence-electron chi connectivity index (χ0n) is 22.0. The van der Waals surface area contributed by atoms with E-state index < -0.39 is 8.32 Å². The van der Waals surface area contributed by atoms with Crippen molar-refractivity contribution in [2.24, 2.45) is 46.3 Å². The van der Waals surface area contributed by atoms with E-state index in [-0.39, 0.29) is 5.97 Å². The second-order valence-corrected chi connectivity index (χ2v) is 18.1. The van der Waals surface area contributed by atoms with Crippen LogP contribution in [0.25, 0.3) is 0 Å². The predicted molar refractivity (Wildman–Crippen MR) is 134 cm³/mol. The summed E-state index contributed by atoms with van der Waals surface area (Å²) in [5.74, 6) is 5.00. The van der Waals surface area contributed by atoms with Crippen LogP contribution in [-0.2, 0) is 14.0 Å². The summed E-state index contributed by atoms with van der Waals surface area (Å²) in [4.78, 5) is 11.7. The van der Waals surface area contributed by atoms with E-state index in [0.717, 1.165) is 36.0 Å². The number of hydrogen-bond acceptors (Lipinski definition) is 3. The van der Waals surface area contributed by atoms with Crippen LogP contribution in [0.4, 0.5) is 0 Å². The Labute approximate surface area is 198 Å². The second kappa shape index (κ2) is 9.02. The van der Waals surface area contributed by atoms with Crippen LogP contribution in [0, 0.1) is 46.3 Å². The van der Waals surface area contributed by atoms with Crippen LogP contribution in [0.1, 0.15) is 91.4 Å². The van der Waals surface area contributed by atoms with Crippen molar-refractivity contribution in [3.05, 3.63) is 0 Å². The summed E-state index contributed by atoms with van der Waals surface area (Å²) in [5.41, 5.74) is 1.02. The molecular formula is C28H50O3Si. The van der Waals surface area contributed by atoms with Gasteiger partial charge in [-0.3, -0.25) is 4.79 Å². The summed E-state index contributed by atoms with van der Waals surface area (Å²) in [6.07, 6.45) is 14.6. The highest BCUT2D eigenvalue weighted by Crippen LogP contribution is 2.68.